The fourth-order valence-electron chi connectivity index (χ4n) is 5.19. The highest BCUT2D eigenvalue weighted by Crippen LogP contribution is 2.36. The molecule has 2 aliphatic rings. The Balaban J connectivity index is 1.52. The fourth-order valence-corrected chi connectivity index (χ4v) is 6.70. The molecule has 4 heterocycles. The third kappa shape index (κ3) is 3.42. The first-order valence-electron chi connectivity index (χ1n) is 11.1. The number of thiophene rings is 2. The van der Waals surface area contributed by atoms with Gasteiger partial charge in [-0.25, -0.2) is 0 Å². The van der Waals surface area contributed by atoms with Crippen molar-refractivity contribution < 1.29 is 9.59 Å². The van der Waals surface area contributed by atoms with Crippen molar-refractivity contribution in [2.45, 2.75) is 64.7 Å². The van der Waals surface area contributed by atoms with Gasteiger partial charge in [-0.1, -0.05) is 32.8 Å². The van der Waals surface area contributed by atoms with Crippen LogP contribution in [0.3, 0.4) is 0 Å². The van der Waals surface area contributed by atoms with E-state index in [0.717, 1.165) is 27.9 Å². The lowest BCUT2D eigenvalue weighted by molar-refractivity contribution is -0.134. The standard InChI is InChI=1S/C24H29N3O2S2/c1-15-6-4-8-18(16(15)2)25-23(29)24(3)14-26-19-9-11-31-21(19)12-20(26)22(28)27(24)13-17-7-5-10-30-17/h5,7,9-12,15-16,18H,4,6,8,13-14H2,1-3H3,(H,25,29)/t15-,16+,18+,24-/m1/s1. The Morgan fingerprint density at radius 1 is 1.23 bits per heavy atom. The summed E-state index contributed by atoms with van der Waals surface area (Å²) in [7, 11) is 0. The molecule has 1 aliphatic carbocycles. The molecule has 2 amide bonds. The van der Waals surface area contributed by atoms with E-state index >= 15 is 0 Å². The van der Waals surface area contributed by atoms with Gasteiger partial charge in [0.1, 0.15) is 11.2 Å². The first-order valence-corrected chi connectivity index (χ1v) is 12.9. The molecule has 3 aromatic rings. The number of fused-ring (bicyclic) bond motifs is 3. The van der Waals surface area contributed by atoms with Crippen LogP contribution in [0.4, 0.5) is 0 Å². The summed E-state index contributed by atoms with van der Waals surface area (Å²) in [4.78, 5) is 30.4. The second kappa shape index (κ2) is 7.78. The first kappa shape index (κ1) is 20.8. The summed E-state index contributed by atoms with van der Waals surface area (Å²) in [5.74, 6) is 0.942. The maximum absolute atomic E-state index is 13.8. The molecule has 4 atom stereocenters. The van der Waals surface area contributed by atoms with E-state index in [9.17, 15) is 9.59 Å². The summed E-state index contributed by atoms with van der Waals surface area (Å²) in [6.45, 7) is 7.38. The van der Waals surface area contributed by atoms with Crippen LogP contribution in [0.1, 0.15) is 55.4 Å². The summed E-state index contributed by atoms with van der Waals surface area (Å²) in [5, 5.41) is 7.43. The molecule has 1 saturated carbocycles. The summed E-state index contributed by atoms with van der Waals surface area (Å²) < 4.78 is 3.14. The summed E-state index contributed by atoms with van der Waals surface area (Å²) in [5.41, 5.74) is 0.786. The Kier molecular flexibility index (Phi) is 5.21. The van der Waals surface area contributed by atoms with Crippen LogP contribution >= 0.6 is 22.7 Å². The molecule has 31 heavy (non-hydrogen) atoms. The van der Waals surface area contributed by atoms with Crippen molar-refractivity contribution >= 4 is 44.7 Å². The van der Waals surface area contributed by atoms with E-state index in [1.165, 1.54) is 6.42 Å². The Hall–Kier alpha value is -2.12. The van der Waals surface area contributed by atoms with Crippen molar-refractivity contribution in [3.8, 4) is 0 Å². The van der Waals surface area contributed by atoms with E-state index in [0.29, 0.717) is 30.6 Å². The van der Waals surface area contributed by atoms with Crippen LogP contribution in [0.15, 0.2) is 35.0 Å². The molecule has 0 unspecified atom stereocenters. The second-order valence-electron chi connectivity index (χ2n) is 9.38. The normalized spacial score (nSPS) is 28.7. The number of hydrogen-bond acceptors (Lipinski definition) is 4. The van der Waals surface area contributed by atoms with Crippen LogP contribution in [0.2, 0.25) is 0 Å². The largest absolute Gasteiger partial charge is 0.351 e. The molecule has 0 spiro atoms. The van der Waals surface area contributed by atoms with Crippen molar-refractivity contribution in [1.82, 2.24) is 14.8 Å². The van der Waals surface area contributed by atoms with Crippen LogP contribution < -0.4 is 5.32 Å². The third-order valence-corrected chi connectivity index (χ3v) is 9.17. The van der Waals surface area contributed by atoms with Gasteiger partial charge in [0, 0.05) is 10.9 Å². The average molecular weight is 456 g/mol. The molecular weight excluding hydrogens is 426 g/mol. The maximum Gasteiger partial charge on any atom is 0.271 e. The minimum atomic E-state index is -0.942. The minimum absolute atomic E-state index is 0.0360. The zero-order valence-corrected chi connectivity index (χ0v) is 19.9. The zero-order chi connectivity index (χ0) is 21.8. The van der Waals surface area contributed by atoms with Crippen molar-refractivity contribution in [2.75, 3.05) is 0 Å². The van der Waals surface area contributed by atoms with Crippen molar-refractivity contribution in [1.29, 1.82) is 0 Å². The molecule has 3 aromatic heterocycles. The monoisotopic (exact) mass is 455 g/mol. The number of hydrogen-bond donors (Lipinski definition) is 1. The molecule has 1 aliphatic heterocycles. The quantitative estimate of drug-likeness (QED) is 0.594. The Morgan fingerprint density at radius 2 is 2.06 bits per heavy atom. The Labute approximate surface area is 191 Å². The maximum atomic E-state index is 13.8. The molecular formula is C24H29N3O2S2. The van der Waals surface area contributed by atoms with Crippen LogP contribution in [0, 0.1) is 11.8 Å². The SMILES string of the molecule is C[C@H]1[C@H](C)CCC[C@@H]1NC(=O)[C@@]1(C)Cn2c(cc3sccc32)C(=O)N1Cc1cccs1. The fraction of sp³-hybridized carbons (Fsp3) is 0.500. The number of rotatable bonds is 4. The molecule has 0 saturated heterocycles. The highest BCUT2D eigenvalue weighted by atomic mass is 32.1. The van der Waals surface area contributed by atoms with Gasteiger partial charge < -0.3 is 14.8 Å². The van der Waals surface area contributed by atoms with Gasteiger partial charge in [-0.2, -0.15) is 0 Å². The second-order valence-corrected chi connectivity index (χ2v) is 11.4. The van der Waals surface area contributed by atoms with Crippen LogP contribution in [-0.4, -0.2) is 32.9 Å². The number of carbonyl (C=O) groups excluding carboxylic acids is 2. The third-order valence-electron chi connectivity index (χ3n) is 7.46. The van der Waals surface area contributed by atoms with Gasteiger partial charge in [0.15, 0.2) is 0 Å². The van der Waals surface area contributed by atoms with E-state index in [2.05, 4.69) is 25.2 Å². The summed E-state index contributed by atoms with van der Waals surface area (Å²) in [6, 6.07) is 8.23. The van der Waals surface area contributed by atoms with Crippen LogP contribution in [-0.2, 0) is 17.9 Å². The molecule has 0 radical (unpaired) electrons. The first-order chi connectivity index (χ1) is 14.9. The predicted octanol–water partition coefficient (Wildman–Crippen LogP) is 5.12. The molecule has 0 bridgehead atoms. The average Bonchev–Trinajstić information content (AvgIpc) is 3.47. The van der Waals surface area contributed by atoms with Crippen molar-refractivity contribution in [3.63, 3.8) is 0 Å². The number of aromatic nitrogens is 1. The van der Waals surface area contributed by atoms with Gasteiger partial charge >= 0.3 is 0 Å². The van der Waals surface area contributed by atoms with E-state index in [4.69, 9.17) is 0 Å². The van der Waals surface area contributed by atoms with Crippen LogP contribution in [0.5, 0.6) is 0 Å². The lowest BCUT2D eigenvalue weighted by Gasteiger charge is -2.45. The Bertz CT molecular complexity index is 1120. The van der Waals surface area contributed by atoms with Crippen molar-refractivity contribution in [3.05, 3.63) is 45.6 Å². The molecule has 5 rings (SSSR count). The molecule has 1 N–H and O–H groups in total. The van der Waals surface area contributed by atoms with Gasteiger partial charge in [-0.05, 0) is 54.1 Å². The smallest absolute Gasteiger partial charge is 0.271 e. The predicted molar refractivity (Wildman–Crippen MR) is 127 cm³/mol. The van der Waals surface area contributed by atoms with Gasteiger partial charge in [0.25, 0.3) is 5.91 Å². The van der Waals surface area contributed by atoms with Gasteiger partial charge in [-0.15, -0.1) is 22.7 Å². The lowest BCUT2D eigenvalue weighted by Crippen LogP contribution is -2.65. The lowest BCUT2D eigenvalue weighted by atomic mass is 9.77. The highest BCUT2D eigenvalue weighted by Gasteiger charge is 2.48. The van der Waals surface area contributed by atoms with E-state index in [1.807, 2.05) is 40.5 Å². The minimum Gasteiger partial charge on any atom is -0.351 e. The van der Waals surface area contributed by atoms with Gasteiger partial charge in [0.2, 0.25) is 5.91 Å². The summed E-state index contributed by atoms with van der Waals surface area (Å²) in [6.07, 6.45) is 3.37. The van der Waals surface area contributed by atoms with E-state index in [1.54, 1.807) is 27.6 Å². The number of carbonyl (C=O) groups is 2. The number of amides is 2. The molecule has 7 heteroatoms. The van der Waals surface area contributed by atoms with E-state index in [-0.39, 0.29) is 17.9 Å². The molecule has 164 valence electrons. The number of nitrogens with zero attached hydrogens (tertiary/aromatic N) is 2. The van der Waals surface area contributed by atoms with Crippen LogP contribution in [0.25, 0.3) is 10.2 Å². The molecule has 0 aromatic carbocycles. The van der Waals surface area contributed by atoms with Crippen molar-refractivity contribution in [2.24, 2.45) is 11.8 Å². The molecule has 5 nitrogen and oxygen atoms in total. The number of nitrogens with one attached hydrogen (secondary N) is 1. The van der Waals surface area contributed by atoms with E-state index < -0.39 is 5.54 Å². The van der Waals surface area contributed by atoms with Gasteiger partial charge in [0.05, 0.1) is 23.3 Å². The Morgan fingerprint density at radius 3 is 2.84 bits per heavy atom. The topological polar surface area (TPSA) is 54.3 Å². The van der Waals surface area contributed by atoms with Gasteiger partial charge in [-0.3, -0.25) is 9.59 Å². The summed E-state index contributed by atoms with van der Waals surface area (Å²) >= 11 is 3.26. The highest BCUT2D eigenvalue weighted by molar-refractivity contribution is 7.17. The zero-order valence-electron chi connectivity index (χ0n) is 18.3. The molecule has 1 fully saturated rings.